The maximum Gasteiger partial charge on any atom is 0.338 e. The number of methoxy groups -OCH3 is 1. The molecule has 0 aliphatic carbocycles. The second kappa shape index (κ2) is 7.97. The van der Waals surface area contributed by atoms with E-state index < -0.39 is 0 Å². The molecule has 2 aromatic rings. The molecule has 0 N–H and O–H groups in total. The van der Waals surface area contributed by atoms with Gasteiger partial charge in [0.15, 0.2) is 0 Å². The highest BCUT2D eigenvalue weighted by atomic mass is 32.1. The summed E-state index contributed by atoms with van der Waals surface area (Å²) in [6.07, 6.45) is 6.40. The summed E-state index contributed by atoms with van der Waals surface area (Å²) in [6.45, 7) is 7.00. The molecule has 0 bridgehead atoms. The van der Waals surface area contributed by atoms with Crippen LogP contribution < -0.4 is 0 Å². The maximum atomic E-state index is 11.9. The Kier molecular flexibility index (Phi) is 5.71. The highest BCUT2D eigenvalue weighted by Crippen LogP contribution is 2.36. The molecule has 3 rings (SSSR count). The fourth-order valence-corrected chi connectivity index (χ4v) is 4.63. The molecule has 1 fully saturated rings. The molecule has 0 atom stereocenters. The third-order valence-electron chi connectivity index (χ3n) is 4.80. The fraction of sp³-hybridized carbons (Fsp3) is 0.474. The summed E-state index contributed by atoms with van der Waals surface area (Å²) in [7, 11) is 1.43. The van der Waals surface area contributed by atoms with Crippen molar-refractivity contribution < 1.29 is 13.9 Å². The van der Waals surface area contributed by atoms with Crippen LogP contribution in [0.5, 0.6) is 0 Å². The van der Waals surface area contributed by atoms with E-state index in [9.17, 15) is 4.79 Å². The SMILES string of the molecule is CCC(=C1CCN(Cc2ncco2)CC1)c1scc(C(=O)OC)c1C. The van der Waals surface area contributed by atoms with Crippen LogP contribution in [0.25, 0.3) is 5.57 Å². The number of rotatable bonds is 5. The predicted molar refractivity (Wildman–Crippen MR) is 98.6 cm³/mol. The number of carbonyl (C=O) groups is 1. The molecule has 1 saturated heterocycles. The number of thiophene rings is 1. The lowest BCUT2D eigenvalue weighted by Crippen LogP contribution is -2.30. The topological polar surface area (TPSA) is 55.6 Å². The van der Waals surface area contributed by atoms with Gasteiger partial charge in [-0.05, 0) is 37.3 Å². The van der Waals surface area contributed by atoms with Crippen molar-refractivity contribution in [2.24, 2.45) is 0 Å². The van der Waals surface area contributed by atoms with Crippen molar-refractivity contribution >= 4 is 22.9 Å². The number of aromatic nitrogens is 1. The Bertz CT molecular complexity index is 752. The van der Waals surface area contributed by atoms with E-state index in [-0.39, 0.29) is 5.97 Å². The maximum absolute atomic E-state index is 11.9. The monoisotopic (exact) mass is 360 g/mol. The van der Waals surface area contributed by atoms with Gasteiger partial charge in [0.2, 0.25) is 5.89 Å². The van der Waals surface area contributed by atoms with Gasteiger partial charge in [-0.3, -0.25) is 4.90 Å². The number of ether oxygens (including phenoxy) is 1. The first kappa shape index (κ1) is 17.9. The van der Waals surface area contributed by atoms with Crippen molar-refractivity contribution in [1.82, 2.24) is 9.88 Å². The summed E-state index contributed by atoms with van der Waals surface area (Å²) in [6, 6.07) is 0. The molecule has 5 nitrogen and oxygen atoms in total. The number of piperidine rings is 1. The van der Waals surface area contributed by atoms with E-state index in [4.69, 9.17) is 9.15 Å². The van der Waals surface area contributed by atoms with Gasteiger partial charge in [0, 0.05) is 23.3 Å². The van der Waals surface area contributed by atoms with Gasteiger partial charge in [0.05, 0.1) is 25.4 Å². The van der Waals surface area contributed by atoms with Crippen LogP contribution in [-0.2, 0) is 11.3 Å². The van der Waals surface area contributed by atoms with Crippen LogP contribution in [0, 0.1) is 6.92 Å². The van der Waals surface area contributed by atoms with Gasteiger partial charge in [-0.2, -0.15) is 0 Å². The summed E-state index contributed by atoms with van der Waals surface area (Å²) in [5.41, 5.74) is 4.64. The first-order valence-electron chi connectivity index (χ1n) is 8.62. The summed E-state index contributed by atoms with van der Waals surface area (Å²) in [5, 5.41) is 1.92. The largest absolute Gasteiger partial charge is 0.465 e. The Morgan fingerprint density at radius 3 is 2.76 bits per heavy atom. The van der Waals surface area contributed by atoms with Crippen LogP contribution in [0.4, 0.5) is 0 Å². The van der Waals surface area contributed by atoms with Gasteiger partial charge in [0.1, 0.15) is 6.26 Å². The van der Waals surface area contributed by atoms with E-state index in [1.807, 2.05) is 12.3 Å². The van der Waals surface area contributed by atoms with Crippen LogP contribution in [0.1, 0.15) is 52.9 Å². The number of hydrogen-bond donors (Lipinski definition) is 0. The van der Waals surface area contributed by atoms with Crippen LogP contribution in [0.15, 0.2) is 27.8 Å². The van der Waals surface area contributed by atoms with Crippen LogP contribution >= 0.6 is 11.3 Å². The average Bonchev–Trinajstić information content (AvgIpc) is 3.27. The van der Waals surface area contributed by atoms with E-state index in [2.05, 4.69) is 16.8 Å². The highest BCUT2D eigenvalue weighted by Gasteiger charge is 2.22. The lowest BCUT2D eigenvalue weighted by molar-refractivity contribution is 0.0600. The minimum Gasteiger partial charge on any atom is -0.465 e. The number of nitrogens with zero attached hydrogens (tertiary/aromatic N) is 2. The van der Waals surface area contributed by atoms with Crippen molar-refractivity contribution in [3.8, 4) is 0 Å². The quantitative estimate of drug-likeness (QED) is 0.745. The lowest BCUT2D eigenvalue weighted by Gasteiger charge is -2.28. The van der Waals surface area contributed by atoms with Crippen molar-refractivity contribution in [2.75, 3.05) is 20.2 Å². The smallest absolute Gasteiger partial charge is 0.338 e. The molecule has 1 aliphatic rings. The average molecular weight is 360 g/mol. The third kappa shape index (κ3) is 3.85. The molecule has 0 spiro atoms. The summed E-state index contributed by atoms with van der Waals surface area (Å²) in [5.74, 6) is 0.529. The number of hydrogen-bond acceptors (Lipinski definition) is 6. The number of allylic oxidation sites excluding steroid dienone is 1. The molecule has 6 heteroatoms. The van der Waals surface area contributed by atoms with Crippen molar-refractivity contribution in [2.45, 2.75) is 39.7 Å². The van der Waals surface area contributed by atoms with Crippen molar-refractivity contribution in [1.29, 1.82) is 0 Å². The molecule has 134 valence electrons. The zero-order valence-corrected chi connectivity index (χ0v) is 15.8. The molecule has 1 aliphatic heterocycles. The number of oxazole rings is 1. The normalized spacial score (nSPS) is 15.4. The van der Waals surface area contributed by atoms with Gasteiger partial charge in [0.25, 0.3) is 0 Å². The van der Waals surface area contributed by atoms with Crippen molar-refractivity contribution in [3.63, 3.8) is 0 Å². The Morgan fingerprint density at radius 1 is 1.40 bits per heavy atom. The van der Waals surface area contributed by atoms with Crippen molar-refractivity contribution in [3.05, 3.63) is 45.3 Å². The summed E-state index contributed by atoms with van der Waals surface area (Å²) >= 11 is 1.65. The minimum absolute atomic E-state index is 0.249. The molecular weight excluding hydrogens is 336 g/mol. The van der Waals surface area contributed by atoms with E-state index in [1.54, 1.807) is 23.8 Å². The minimum atomic E-state index is -0.249. The van der Waals surface area contributed by atoms with Gasteiger partial charge in [-0.15, -0.1) is 11.3 Å². The van der Waals surface area contributed by atoms with Gasteiger partial charge in [-0.25, -0.2) is 9.78 Å². The first-order chi connectivity index (χ1) is 12.1. The highest BCUT2D eigenvalue weighted by molar-refractivity contribution is 7.11. The molecule has 0 unspecified atom stereocenters. The second-order valence-electron chi connectivity index (χ2n) is 6.23. The Morgan fingerprint density at radius 2 is 2.16 bits per heavy atom. The molecule has 0 amide bonds. The standard InChI is InChI=1S/C19H24N2O3S/c1-4-15(18-13(2)16(12-25-18)19(22)23-3)14-5-8-21(9-6-14)11-17-20-7-10-24-17/h7,10,12H,4-6,8-9,11H2,1-3H3. The van der Waals surface area contributed by atoms with Gasteiger partial charge >= 0.3 is 5.97 Å². The zero-order chi connectivity index (χ0) is 17.8. The first-order valence-corrected chi connectivity index (χ1v) is 9.50. The van der Waals surface area contributed by atoms with E-state index >= 15 is 0 Å². The summed E-state index contributed by atoms with van der Waals surface area (Å²) in [4.78, 5) is 19.7. The molecule has 0 radical (unpaired) electrons. The Labute approximate surface area is 152 Å². The Balaban J connectivity index is 1.75. The number of esters is 1. The third-order valence-corrected chi connectivity index (χ3v) is 5.94. The Hall–Kier alpha value is -1.92. The molecular formula is C19H24N2O3S. The molecule has 0 aromatic carbocycles. The predicted octanol–water partition coefficient (Wildman–Crippen LogP) is 4.29. The van der Waals surface area contributed by atoms with Crippen LogP contribution in [0.3, 0.4) is 0 Å². The zero-order valence-electron chi connectivity index (χ0n) is 15.0. The lowest BCUT2D eigenvalue weighted by atomic mass is 9.93. The van der Waals surface area contributed by atoms with Gasteiger partial charge < -0.3 is 9.15 Å². The van der Waals surface area contributed by atoms with Crippen LogP contribution in [0.2, 0.25) is 0 Å². The summed E-state index contributed by atoms with van der Waals surface area (Å²) < 4.78 is 10.2. The van der Waals surface area contributed by atoms with Crippen LogP contribution in [-0.4, -0.2) is 36.1 Å². The number of likely N-dealkylation sites (tertiary alicyclic amines) is 1. The molecule has 25 heavy (non-hydrogen) atoms. The number of carbonyl (C=O) groups excluding carboxylic acids is 1. The molecule has 3 heterocycles. The molecule has 0 saturated carbocycles. The second-order valence-corrected chi connectivity index (χ2v) is 7.11. The van der Waals surface area contributed by atoms with E-state index in [0.717, 1.165) is 50.4 Å². The van der Waals surface area contributed by atoms with Gasteiger partial charge in [-0.1, -0.05) is 12.5 Å². The molecule has 2 aromatic heterocycles. The van der Waals surface area contributed by atoms with E-state index in [0.29, 0.717) is 5.56 Å². The van der Waals surface area contributed by atoms with E-state index in [1.165, 1.54) is 23.1 Å². The fourth-order valence-electron chi connectivity index (χ4n) is 3.40.